The molecule has 12 rings (SSSR count). The van der Waals surface area contributed by atoms with Crippen LogP contribution in [0.15, 0.2) is 182 Å². The molecule has 0 fully saturated rings. The average Bonchev–Trinajstić information content (AvgIpc) is 3.43. The number of anilines is 5. The van der Waals surface area contributed by atoms with Crippen LogP contribution in [-0.2, 0) is 0 Å². The molecular formula is C56H27BrF4N10S2. The molecule has 2 aliphatic rings. The lowest BCUT2D eigenvalue weighted by Gasteiger charge is -2.34. The van der Waals surface area contributed by atoms with Crippen molar-refractivity contribution in [2.75, 3.05) is 10.2 Å². The summed E-state index contributed by atoms with van der Waals surface area (Å²) in [7, 11) is 0. The number of para-hydroxylation sites is 4. The summed E-state index contributed by atoms with van der Waals surface area (Å²) in [5.41, 5.74) is 5.70. The maximum Gasteiger partial charge on any atom is 0.269 e. The van der Waals surface area contributed by atoms with Gasteiger partial charge in [0, 0.05) is 30.7 Å². The number of nitriles is 2. The average molecular weight is 1060 g/mol. The van der Waals surface area contributed by atoms with E-state index in [0.717, 1.165) is 21.2 Å². The summed E-state index contributed by atoms with van der Waals surface area (Å²) in [6.07, 6.45) is 0. The Labute approximate surface area is 431 Å². The molecule has 1 N–H and O–H groups in total. The quantitative estimate of drug-likeness (QED) is 0.135. The molecule has 0 saturated heterocycles. The normalized spacial score (nSPS) is 11.5. The smallest absolute Gasteiger partial charge is 0.269 e. The van der Waals surface area contributed by atoms with Crippen LogP contribution in [0.1, 0.15) is 11.1 Å². The van der Waals surface area contributed by atoms with E-state index in [-0.39, 0.29) is 65.9 Å². The molecule has 10 aromatic rings. The summed E-state index contributed by atoms with van der Waals surface area (Å²) >= 11 is 6.52. The molecule has 73 heavy (non-hydrogen) atoms. The molecule has 0 atom stereocenters. The maximum absolute atomic E-state index is 14.6. The molecule has 2 aromatic heterocycles. The van der Waals surface area contributed by atoms with E-state index in [9.17, 15) is 28.1 Å². The van der Waals surface area contributed by atoms with E-state index < -0.39 is 23.8 Å². The second-order valence-corrected chi connectivity index (χ2v) is 18.6. The van der Waals surface area contributed by atoms with Crippen molar-refractivity contribution in [3.63, 3.8) is 0 Å². The molecule has 0 saturated carbocycles. The maximum atomic E-state index is 14.6. The van der Waals surface area contributed by atoms with Gasteiger partial charge in [-0.25, -0.2) is 29.6 Å². The fourth-order valence-corrected chi connectivity index (χ4v) is 10.9. The second-order valence-electron chi connectivity index (χ2n) is 15.6. The molecule has 0 bridgehead atoms. The molecule has 2 aliphatic heterocycles. The van der Waals surface area contributed by atoms with Crippen molar-refractivity contribution in [2.24, 2.45) is 0 Å². The van der Waals surface area contributed by atoms with Gasteiger partial charge in [0.25, 0.3) is 23.8 Å². The molecule has 0 unspecified atom stereocenters. The predicted octanol–water partition coefficient (Wildman–Crippen LogP) is 16.6. The van der Waals surface area contributed by atoms with Crippen LogP contribution >= 0.6 is 39.5 Å². The molecule has 0 amide bonds. The summed E-state index contributed by atoms with van der Waals surface area (Å²) in [5.74, 6) is -5.48. The lowest BCUT2D eigenvalue weighted by atomic mass is 9.94. The fourth-order valence-electron chi connectivity index (χ4n) is 8.32. The monoisotopic (exact) mass is 1060 g/mol. The lowest BCUT2D eigenvalue weighted by Crippen LogP contribution is -2.17. The van der Waals surface area contributed by atoms with Gasteiger partial charge < -0.3 is 10.2 Å². The third kappa shape index (κ3) is 8.79. The fraction of sp³-hybridized carbons (Fsp3) is 0. The largest absolute Gasteiger partial charge is 0.354 e. The zero-order valence-corrected chi connectivity index (χ0v) is 40.5. The molecule has 8 aromatic carbocycles. The zero-order valence-electron chi connectivity index (χ0n) is 37.2. The molecule has 17 heteroatoms. The van der Waals surface area contributed by atoms with Gasteiger partial charge in [-0.05, 0) is 59.7 Å². The molecule has 0 radical (unpaired) electrons. The highest BCUT2D eigenvalue weighted by Crippen LogP contribution is 2.56. The topological polar surface area (TPSA) is 123 Å². The number of aromatic nitrogens is 4. The Bertz CT molecular complexity index is 3910. The van der Waals surface area contributed by atoms with Crippen molar-refractivity contribution < 1.29 is 17.6 Å². The van der Waals surface area contributed by atoms with Crippen LogP contribution in [0.3, 0.4) is 0 Å². The standard InChI is InChI=1S/C28H13F2N5S.C16H5BrF2N4.C12H9NS/c1-32-23-17(15-31)22(16-9-3-2-4-10-16)24-25(34-28(30)27(29)33-24)26(23)35-18-11-5-7-13-20(18)36-21-14-8-6-12-19(21)35;1-21-12-9(7-20)10(8-5-3-2-4-6-8)13-14(11(12)17)23-16(19)15(18)22-13;1-3-7-11-9(5-1)13-10-6-2-4-8-12(10)14-11/h2-14H;2-6H;1-8,13H. The molecule has 0 aliphatic carbocycles. The number of fused-ring (bicyclic) bond motifs is 6. The highest BCUT2D eigenvalue weighted by atomic mass is 79.9. The molecular weight excluding hydrogens is 1030 g/mol. The van der Waals surface area contributed by atoms with E-state index >= 15 is 0 Å². The molecule has 0 spiro atoms. The molecule has 348 valence electrons. The number of nitrogens with zero attached hydrogens (tertiary/aromatic N) is 9. The van der Waals surface area contributed by atoms with Gasteiger partial charge in [0.15, 0.2) is 0 Å². The third-order valence-corrected chi connectivity index (χ3v) is 14.5. The van der Waals surface area contributed by atoms with Gasteiger partial charge in [0.1, 0.15) is 11.0 Å². The highest BCUT2D eigenvalue weighted by Gasteiger charge is 2.33. The van der Waals surface area contributed by atoms with Crippen molar-refractivity contribution in [3.8, 4) is 34.4 Å². The Hall–Kier alpha value is -9.10. The number of hydrogen-bond donors (Lipinski definition) is 1. The van der Waals surface area contributed by atoms with Gasteiger partial charge in [0.05, 0.1) is 80.4 Å². The Morgan fingerprint density at radius 1 is 0.479 bits per heavy atom. The highest BCUT2D eigenvalue weighted by molar-refractivity contribution is 9.10. The summed E-state index contributed by atoms with van der Waals surface area (Å²) < 4.78 is 56.3. The van der Waals surface area contributed by atoms with Crippen molar-refractivity contribution in [1.82, 2.24) is 19.9 Å². The first-order valence-corrected chi connectivity index (χ1v) is 24.1. The van der Waals surface area contributed by atoms with Gasteiger partial charge in [-0.3, -0.25) is 0 Å². The first kappa shape index (κ1) is 47.6. The Morgan fingerprint density at radius 3 is 1.32 bits per heavy atom. The Balaban J connectivity index is 0.000000140. The minimum absolute atomic E-state index is 0.00532. The lowest BCUT2D eigenvalue weighted by molar-refractivity contribution is 0.459. The minimum atomic E-state index is -1.38. The second kappa shape index (κ2) is 20.3. The number of benzene rings is 8. The number of halogens is 5. The first-order valence-electron chi connectivity index (χ1n) is 21.7. The van der Waals surface area contributed by atoms with Crippen molar-refractivity contribution in [3.05, 3.63) is 220 Å². The third-order valence-electron chi connectivity index (χ3n) is 11.4. The van der Waals surface area contributed by atoms with Crippen LogP contribution < -0.4 is 10.2 Å². The Morgan fingerprint density at radius 2 is 0.849 bits per heavy atom. The van der Waals surface area contributed by atoms with Gasteiger partial charge in [-0.2, -0.15) is 28.1 Å². The summed E-state index contributed by atoms with van der Waals surface area (Å²) in [6, 6.07) is 53.4. The number of rotatable bonds is 3. The van der Waals surface area contributed by atoms with Crippen LogP contribution in [0.4, 0.5) is 57.4 Å². The van der Waals surface area contributed by atoms with E-state index in [1.165, 1.54) is 21.2 Å². The number of nitrogens with one attached hydrogen (secondary N) is 1. The van der Waals surface area contributed by atoms with Crippen molar-refractivity contribution in [2.45, 2.75) is 19.6 Å². The molecule has 4 heterocycles. The van der Waals surface area contributed by atoms with Crippen LogP contribution in [0.25, 0.3) is 54.0 Å². The van der Waals surface area contributed by atoms with E-state index in [2.05, 4.69) is 105 Å². The molecule has 10 nitrogen and oxygen atoms in total. The van der Waals surface area contributed by atoms with E-state index in [1.807, 2.05) is 66.4 Å². The van der Waals surface area contributed by atoms with E-state index in [0.29, 0.717) is 11.1 Å². The predicted molar refractivity (Wildman–Crippen MR) is 279 cm³/mol. The minimum Gasteiger partial charge on any atom is -0.354 e. The summed E-state index contributed by atoms with van der Waals surface area (Å²) in [4.78, 5) is 28.3. The van der Waals surface area contributed by atoms with Crippen LogP contribution in [0.5, 0.6) is 0 Å². The van der Waals surface area contributed by atoms with Crippen LogP contribution in [0, 0.1) is 59.6 Å². The van der Waals surface area contributed by atoms with Crippen molar-refractivity contribution in [1.29, 1.82) is 10.5 Å². The zero-order chi connectivity index (χ0) is 50.8. The van der Waals surface area contributed by atoms with Crippen molar-refractivity contribution >= 4 is 101 Å². The number of hydrogen-bond acceptors (Lipinski definition) is 10. The SMILES string of the molecule is [C-]#[N+]c1c(C#N)c(-c2ccccc2)c2nc(F)c(F)nc2c1Br.[C-]#[N+]c1c(C#N)c(-c2ccccc2)c2nc(F)c(F)nc2c1N1c2ccccc2Sc2ccccc21.c1ccc2c(c1)Nc1ccccc1S2. The van der Waals surface area contributed by atoms with Crippen LogP contribution in [0.2, 0.25) is 0 Å². The van der Waals surface area contributed by atoms with E-state index in [1.54, 1.807) is 77.3 Å². The summed E-state index contributed by atoms with van der Waals surface area (Å²) in [5, 5.41) is 23.1. The van der Waals surface area contributed by atoms with Gasteiger partial charge in [-0.1, -0.05) is 149 Å². The van der Waals surface area contributed by atoms with Crippen LogP contribution in [-0.4, -0.2) is 19.9 Å². The van der Waals surface area contributed by atoms with E-state index in [4.69, 9.17) is 13.1 Å². The van der Waals surface area contributed by atoms with Gasteiger partial charge in [0.2, 0.25) is 11.4 Å². The van der Waals surface area contributed by atoms with Gasteiger partial charge >= 0.3 is 0 Å². The first-order chi connectivity index (χ1) is 35.6. The Kier molecular flexibility index (Phi) is 13.2. The summed E-state index contributed by atoms with van der Waals surface area (Å²) in [6.45, 7) is 15.4. The van der Waals surface area contributed by atoms with Gasteiger partial charge in [-0.15, -0.1) is 0 Å².